The molecule has 2 aromatic heterocycles. The quantitative estimate of drug-likeness (QED) is 0.785. The maximum atomic E-state index is 12.6. The van der Waals surface area contributed by atoms with Crippen molar-refractivity contribution in [3.05, 3.63) is 53.3 Å². The molecule has 106 valence electrons. The average molecular weight is 297 g/mol. The number of para-hydroxylation sites is 1. The van der Waals surface area contributed by atoms with E-state index in [0.717, 1.165) is 29.9 Å². The summed E-state index contributed by atoms with van der Waals surface area (Å²) in [5, 5.41) is 1.05. The average Bonchev–Trinajstić information content (AvgIpc) is 3.24. The molecule has 3 aromatic rings. The van der Waals surface area contributed by atoms with Gasteiger partial charge < -0.3 is 9.88 Å². The molecule has 1 aliphatic rings. The van der Waals surface area contributed by atoms with Crippen molar-refractivity contribution in [3.63, 3.8) is 0 Å². The zero-order chi connectivity index (χ0) is 14.2. The van der Waals surface area contributed by atoms with Gasteiger partial charge in [-0.25, -0.2) is 4.98 Å². The van der Waals surface area contributed by atoms with Crippen LogP contribution in [0.1, 0.15) is 34.4 Å². The SMILES string of the molecule is O=C(c1ccc[nH]1)N1CCCC1c1nc2ccccc2s1. The molecule has 1 amide bonds. The van der Waals surface area contributed by atoms with Gasteiger partial charge >= 0.3 is 0 Å². The first-order chi connectivity index (χ1) is 10.3. The lowest BCUT2D eigenvalue weighted by atomic mass is 10.2. The van der Waals surface area contributed by atoms with Gasteiger partial charge in [0.15, 0.2) is 0 Å². The van der Waals surface area contributed by atoms with Gasteiger partial charge in [0.1, 0.15) is 10.7 Å². The number of amides is 1. The first-order valence-electron chi connectivity index (χ1n) is 7.13. The van der Waals surface area contributed by atoms with Crippen LogP contribution in [0.5, 0.6) is 0 Å². The number of hydrogen-bond donors (Lipinski definition) is 1. The number of aromatic amines is 1. The van der Waals surface area contributed by atoms with Crippen LogP contribution < -0.4 is 0 Å². The van der Waals surface area contributed by atoms with Crippen LogP contribution in [0.3, 0.4) is 0 Å². The van der Waals surface area contributed by atoms with Gasteiger partial charge in [0.2, 0.25) is 0 Å². The standard InChI is InChI=1S/C16H15N3OS/c20-16(12-6-3-9-17-12)19-10-4-7-13(19)15-18-11-5-1-2-8-14(11)21-15/h1-3,5-6,8-9,13,17H,4,7,10H2. The molecule has 0 aliphatic carbocycles. The molecule has 0 radical (unpaired) electrons. The molecule has 3 heterocycles. The number of thiazole rings is 1. The highest BCUT2D eigenvalue weighted by Crippen LogP contribution is 2.37. The van der Waals surface area contributed by atoms with Crippen molar-refractivity contribution < 1.29 is 4.79 Å². The third-order valence-corrected chi connectivity index (χ3v) is 5.08. The van der Waals surface area contributed by atoms with E-state index in [1.54, 1.807) is 17.5 Å². The maximum absolute atomic E-state index is 12.6. The number of nitrogens with zero attached hydrogens (tertiary/aromatic N) is 2. The Morgan fingerprint density at radius 1 is 1.29 bits per heavy atom. The molecule has 0 bridgehead atoms. The number of rotatable bonds is 2. The Hall–Kier alpha value is -2.14. The maximum Gasteiger partial charge on any atom is 0.270 e. The number of hydrogen-bond acceptors (Lipinski definition) is 3. The van der Waals surface area contributed by atoms with Gasteiger partial charge in [0, 0.05) is 12.7 Å². The summed E-state index contributed by atoms with van der Waals surface area (Å²) in [4.78, 5) is 22.3. The number of carbonyl (C=O) groups is 1. The monoisotopic (exact) mass is 297 g/mol. The molecule has 1 fully saturated rings. The molecule has 1 N–H and O–H groups in total. The molecule has 1 aliphatic heterocycles. The number of H-pyrrole nitrogens is 1. The molecule has 4 nitrogen and oxygen atoms in total. The molecule has 5 heteroatoms. The van der Waals surface area contributed by atoms with Crippen LogP contribution >= 0.6 is 11.3 Å². The van der Waals surface area contributed by atoms with Crippen molar-refractivity contribution in [1.29, 1.82) is 0 Å². The summed E-state index contributed by atoms with van der Waals surface area (Å²) in [6.45, 7) is 0.804. The Morgan fingerprint density at radius 3 is 3.00 bits per heavy atom. The number of likely N-dealkylation sites (tertiary alicyclic amines) is 1. The third-order valence-electron chi connectivity index (χ3n) is 3.94. The minimum atomic E-state index is 0.0711. The summed E-state index contributed by atoms with van der Waals surface area (Å²) < 4.78 is 1.19. The van der Waals surface area contributed by atoms with Crippen molar-refractivity contribution in [2.75, 3.05) is 6.54 Å². The normalized spacial score (nSPS) is 18.5. The summed E-state index contributed by atoms with van der Waals surface area (Å²) in [5.74, 6) is 0.0711. The third kappa shape index (κ3) is 2.14. The highest BCUT2D eigenvalue weighted by Gasteiger charge is 2.33. The zero-order valence-electron chi connectivity index (χ0n) is 11.5. The second-order valence-electron chi connectivity index (χ2n) is 5.26. The predicted molar refractivity (Wildman–Crippen MR) is 83.4 cm³/mol. The number of aromatic nitrogens is 2. The minimum absolute atomic E-state index is 0.0711. The van der Waals surface area contributed by atoms with E-state index >= 15 is 0 Å². The van der Waals surface area contributed by atoms with Crippen LogP contribution in [-0.2, 0) is 0 Å². The van der Waals surface area contributed by atoms with E-state index in [4.69, 9.17) is 4.98 Å². The Balaban J connectivity index is 1.68. The van der Waals surface area contributed by atoms with Gasteiger partial charge in [-0.2, -0.15) is 0 Å². The zero-order valence-corrected chi connectivity index (χ0v) is 12.3. The van der Waals surface area contributed by atoms with Crippen molar-refractivity contribution in [2.45, 2.75) is 18.9 Å². The lowest BCUT2D eigenvalue weighted by Crippen LogP contribution is -2.30. The lowest BCUT2D eigenvalue weighted by molar-refractivity contribution is 0.0730. The fourth-order valence-electron chi connectivity index (χ4n) is 2.92. The van der Waals surface area contributed by atoms with Crippen LogP contribution in [0.15, 0.2) is 42.6 Å². The highest BCUT2D eigenvalue weighted by atomic mass is 32.1. The van der Waals surface area contributed by atoms with Crippen LogP contribution in [0, 0.1) is 0 Å². The van der Waals surface area contributed by atoms with Crippen molar-refractivity contribution >= 4 is 27.5 Å². The number of nitrogens with one attached hydrogen (secondary N) is 1. The second kappa shape index (κ2) is 5.00. The van der Waals surface area contributed by atoms with Gasteiger partial charge in [-0.15, -0.1) is 11.3 Å². The highest BCUT2D eigenvalue weighted by molar-refractivity contribution is 7.18. The topological polar surface area (TPSA) is 49.0 Å². The first kappa shape index (κ1) is 12.6. The Bertz CT molecular complexity index is 745. The predicted octanol–water partition coefficient (Wildman–Crippen LogP) is 3.60. The largest absolute Gasteiger partial charge is 0.357 e. The summed E-state index contributed by atoms with van der Waals surface area (Å²) >= 11 is 1.70. The molecular formula is C16H15N3OS. The van der Waals surface area contributed by atoms with Crippen molar-refractivity contribution in [1.82, 2.24) is 14.9 Å². The van der Waals surface area contributed by atoms with E-state index in [2.05, 4.69) is 11.1 Å². The van der Waals surface area contributed by atoms with Gasteiger partial charge in [-0.3, -0.25) is 4.79 Å². The van der Waals surface area contributed by atoms with Crippen LogP contribution in [0.2, 0.25) is 0 Å². The second-order valence-corrected chi connectivity index (χ2v) is 6.32. The molecule has 1 unspecified atom stereocenters. The molecule has 0 spiro atoms. The smallest absolute Gasteiger partial charge is 0.270 e. The van der Waals surface area contributed by atoms with Gasteiger partial charge in [-0.05, 0) is 37.1 Å². The van der Waals surface area contributed by atoms with Crippen LogP contribution in [-0.4, -0.2) is 27.3 Å². The van der Waals surface area contributed by atoms with E-state index in [1.165, 1.54) is 4.70 Å². The van der Waals surface area contributed by atoms with E-state index in [0.29, 0.717) is 5.69 Å². The number of benzene rings is 1. The first-order valence-corrected chi connectivity index (χ1v) is 7.94. The molecule has 1 atom stereocenters. The summed E-state index contributed by atoms with van der Waals surface area (Å²) in [6, 6.07) is 11.9. The molecule has 1 aromatic carbocycles. The molecule has 0 saturated carbocycles. The number of fused-ring (bicyclic) bond motifs is 1. The van der Waals surface area contributed by atoms with Crippen LogP contribution in [0.4, 0.5) is 0 Å². The van der Waals surface area contributed by atoms with E-state index in [9.17, 15) is 4.79 Å². The Kier molecular flexibility index (Phi) is 3.00. The summed E-state index contributed by atoms with van der Waals surface area (Å²) in [6.07, 6.45) is 3.81. The fraction of sp³-hybridized carbons (Fsp3) is 0.250. The Labute approximate surface area is 126 Å². The number of carbonyl (C=O) groups excluding carboxylic acids is 1. The minimum Gasteiger partial charge on any atom is -0.357 e. The molecular weight excluding hydrogens is 282 g/mol. The summed E-state index contributed by atoms with van der Waals surface area (Å²) in [5.41, 5.74) is 1.68. The summed E-state index contributed by atoms with van der Waals surface area (Å²) in [7, 11) is 0. The van der Waals surface area contributed by atoms with Crippen molar-refractivity contribution in [3.8, 4) is 0 Å². The van der Waals surface area contributed by atoms with E-state index in [1.807, 2.05) is 35.2 Å². The molecule has 4 rings (SSSR count). The van der Waals surface area contributed by atoms with Crippen molar-refractivity contribution in [2.24, 2.45) is 0 Å². The molecule has 21 heavy (non-hydrogen) atoms. The lowest BCUT2D eigenvalue weighted by Gasteiger charge is -2.22. The fourth-order valence-corrected chi connectivity index (χ4v) is 4.03. The van der Waals surface area contributed by atoms with Gasteiger partial charge in [0.25, 0.3) is 5.91 Å². The Morgan fingerprint density at radius 2 is 2.19 bits per heavy atom. The van der Waals surface area contributed by atoms with Gasteiger partial charge in [0.05, 0.1) is 16.3 Å². The van der Waals surface area contributed by atoms with E-state index in [-0.39, 0.29) is 11.9 Å². The van der Waals surface area contributed by atoms with Crippen LogP contribution in [0.25, 0.3) is 10.2 Å². The molecule has 1 saturated heterocycles. The van der Waals surface area contributed by atoms with Gasteiger partial charge in [-0.1, -0.05) is 12.1 Å². The van der Waals surface area contributed by atoms with E-state index < -0.39 is 0 Å².